The molecule has 0 unspecified atom stereocenters. The second kappa shape index (κ2) is 9.37. The van der Waals surface area contributed by atoms with E-state index in [1.165, 1.54) is 25.1 Å². The molecular weight excluding hydrogens is 402 g/mol. The van der Waals surface area contributed by atoms with Crippen LogP contribution in [0.2, 0.25) is 0 Å². The molecule has 3 rings (SSSR count). The maximum Gasteiger partial charge on any atom is 0.339 e. The highest BCUT2D eigenvalue weighted by Crippen LogP contribution is 2.27. The van der Waals surface area contributed by atoms with Crippen molar-refractivity contribution >= 4 is 27.4 Å². The summed E-state index contributed by atoms with van der Waals surface area (Å²) in [6.45, 7) is 0.956. The molecular formula is C23H21NO5S. The van der Waals surface area contributed by atoms with Crippen LogP contribution >= 0.6 is 0 Å². The minimum Gasteiger partial charge on any atom is -0.452 e. The minimum atomic E-state index is -3.60. The fourth-order valence-electron chi connectivity index (χ4n) is 2.92. The minimum absolute atomic E-state index is 0.0863. The Labute approximate surface area is 175 Å². The van der Waals surface area contributed by atoms with E-state index in [-0.39, 0.29) is 16.2 Å². The number of anilines is 1. The van der Waals surface area contributed by atoms with Gasteiger partial charge in [0.15, 0.2) is 16.4 Å². The molecule has 0 saturated carbocycles. The first kappa shape index (κ1) is 21.3. The van der Waals surface area contributed by atoms with Gasteiger partial charge in [0, 0.05) is 11.3 Å². The van der Waals surface area contributed by atoms with Gasteiger partial charge in [-0.1, -0.05) is 67.6 Å². The smallest absolute Gasteiger partial charge is 0.339 e. The molecule has 7 heteroatoms. The Kier molecular flexibility index (Phi) is 6.64. The molecule has 0 radical (unpaired) electrons. The van der Waals surface area contributed by atoms with E-state index in [1.54, 1.807) is 18.2 Å². The second-order valence-electron chi connectivity index (χ2n) is 6.44. The Morgan fingerprint density at radius 1 is 0.867 bits per heavy atom. The molecule has 0 aliphatic heterocycles. The van der Waals surface area contributed by atoms with Gasteiger partial charge in [0.25, 0.3) is 5.91 Å². The lowest BCUT2D eigenvalue weighted by Crippen LogP contribution is -2.22. The fraction of sp³-hybridized carbons (Fsp3) is 0.130. The van der Waals surface area contributed by atoms with Crippen LogP contribution in [0.15, 0.2) is 83.8 Å². The molecule has 1 amide bonds. The molecule has 30 heavy (non-hydrogen) atoms. The average molecular weight is 423 g/mol. The van der Waals surface area contributed by atoms with E-state index in [2.05, 4.69) is 5.32 Å². The lowest BCUT2D eigenvalue weighted by molar-refractivity contribution is -0.119. The molecule has 3 aromatic carbocycles. The van der Waals surface area contributed by atoms with Gasteiger partial charge in [-0.15, -0.1) is 0 Å². The Morgan fingerprint density at radius 2 is 1.50 bits per heavy atom. The van der Waals surface area contributed by atoms with Crippen molar-refractivity contribution in [3.8, 4) is 11.1 Å². The molecule has 0 fully saturated rings. The van der Waals surface area contributed by atoms with Crippen molar-refractivity contribution in [2.75, 3.05) is 17.7 Å². The first-order valence-corrected chi connectivity index (χ1v) is 11.0. The van der Waals surface area contributed by atoms with Crippen LogP contribution in [0.5, 0.6) is 0 Å². The maximum absolute atomic E-state index is 12.4. The van der Waals surface area contributed by atoms with Crippen LogP contribution in [-0.4, -0.2) is 32.7 Å². The van der Waals surface area contributed by atoms with E-state index in [9.17, 15) is 18.0 Å². The molecule has 3 aromatic rings. The molecule has 0 aromatic heterocycles. The van der Waals surface area contributed by atoms with E-state index in [0.29, 0.717) is 5.69 Å². The van der Waals surface area contributed by atoms with Crippen LogP contribution in [0, 0.1) is 0 Å². The van der Waals surface area contributed by atoms with E-state index < -0.39 is 28.3 Å². The summed E-state index contributed by atoms with van der Waals surface area (Å²) in [7, 11) is -3.60. The zero-order valence-electron chi connectivity index (χ0n) is 16.4. The quantitative estimate of drug-likeness (QED) is 0.582. The molecule has 0 bridgehead atoms. The second-order valence-corrected chi connectivity index (χ2v) is 8.68. The predicted octanol–water partition coefficient (Wildman–Crippen LogP) is 3.94. The number of para-hydroxylation sites is 1. The Balaban J connectivity index is 1.71. The van der Waals surface area contributed by atoms with Gasteiger partial charge in [-0.05, 0) is 23.8 Å². The summed E-state index contributed by atoms with van der Waals surface area (Å²) < 4.78 is 29.5. The van der Waals surface area contributed by atoms with E-state index in [4.69, 9.17) is 4.74 Å². The predicted molar refractivity (Wildman–Crippen MR) is 115 cm³/mol. The third-order valence-corrected chi connectivity index (χ3v) is 6.23. The number of benzene rings is 3. The molecule has 0 aliphatic carbocycles. The van der Waals surface area contributed by atoms with Crippen LogP contribution in [0.1, 0.15) is 17.3 Å². The first-order chi connectivity index (χ1) is 14.4. The Hall–Kier alpha value is -3.45. The van der Waals surface area contributed by atoms with Crippen molar-refractivity contribution in [2.24, 2.45) is 0 Å². The number of carbonyl (C=O) groups is 2. The number of sulfone groups is 1. The highest BCUT2D eigenvalue weighted by molar-refractivity contribution is 7.91. The SMILES string of the molecule is CCS(=O)(=O)c1ccccc1C(=O)OCC(=O)Nc1ccccc1-c1ccccc1. The lowest BCUT2D eigenvalue weighted by atomic mass is 10.0. The van der Waals surface area contributed by atoms with Gasteiger partial charge in [-0.25, -0.2) is 13.2 Å². The number of hydrogen-bond donors (Lipinski definition) is 1. The van der Waals surface area contributed by atoms with Gasteiger partial charge >= 0.3 is 5.97 Å². The van der Waals surface area contributed by atoms with Crippen LogP contribution in [0.3, 0.4) is 0 Å². The van der Waals surface area contributed by atoms with Gasteiger partial charge in [-0.3, -0.25) is 4.79 Å². The lowest BCUT2D eigenvalue weighted by Gasteiger charge is -2.12. The summed E-state index contributed by atoms with van der Waals surface area (Å²) >= 11 is 0. The third kappa shape index (κ3) is 4.93. The average Bonchev–Trinajstić information content (AvgIpc) is 2.78. The van der Waals surface area contributed by atoms with Crippen LogP contribution in [0.4, 0.5) is 5.69 Å². The van der Waals surface area contributed by atoms with Crippen molar-refractivity contribution in [1.29, 1.82) is 0 Å². The molecule has 6 nitrogen and oxygen atoms in total. The summed E-state index contributed by atoms with van der Waals surface area (Å²) in [5, 5.41) is 2.74. The molecule has 0 atom stereocenters. The first-order valence-electron chi connectivity index (χ1n) is 9.35. The molecule has 0 aliphatic rings. The number of ether oxygens (including phenoxy) is 1. The van der Waals surface area contributed by atoms with Crippen molar-refractivity contribution in [3.05, 3.63) is 84.4 Å². The third-order valence-electron chi connectivity index (χ3n) is 4.44. The van der Waals surface area contributed by atoms with Gasteiger partial charge in [0.05, 0.1) is 16.2 Å². The maximum atomic E-state index is 12.4. The molecule has 0 heterocycles. The largest absolute Gasteiger partial charge is 0.452 e. The Morgan fingerprint density at radius 3 is 2.23 bits per heavy atom. The van der Waals surface area contributed by atoms with Gasteiger partial charge in [-0.2, -0.15) is 0 Å². The highest BCUT2D eigenvalue weighted by Gasteiger charge is 2.22. The summed E-state index contributed by atoms with van der Waals surface area (Å²) in [6.07, 6.45) is 0. The molecule has 1 N–H and O–H groups in total. The van der Waals surface area contributed by atoms with Crippen LogP contribution in [-0.2, 0) is 19.4 Å². The summed E-state index contributed by atoms with van der Waals surface area (Å²) in [4.78, 5) is 24.7. The van der Waals surface area contributed by atoms with Crippen molar-refractivity contribution in [2.45, 2.75) is 11.8 Å². The number of carbonyl (C=O) groups excluding carboxylic acids is 2. The van der Waals surface area contributed by atoms with Crippen LogP contribution in [0.25, 0.3) is 11.1 Å². The molecule has 154 valence electrons. The number of hydrogen-bond acceptors (Lipinski definition) is 5. The van der Waals surface area contributed by atoms with E-state index in [0.717, 1.165) is 11.1 Å². The Bertz CT molecular complexity index is 1160. The van der Waals surface area contributed by atoms with E-state index in [1.807, 2.05) is 42.5 Å². The number of rotatable bonds is 7. The number of amides is 1. The topological polar surface area (TPSA) is 89.5 Å². The van der Waals surface area contributed by atoms with Gasteiger partial charge in [0.1, 0.15) is 0 Å². The summed E-state index contributed by atoms with van der Waals surface area (Å²) in [5.74, 6) is -1.54. The van der Waals surface area contributed by atoms with Gasteiger partial charge < -0.3 is 10.1 Å². The standard InChI is InChI=1S/C23H21NO5S/c1-2-30(27,28)21-15-9-7-13-19(21)23(26)29-16-22(25)24-20-14-8-6-12-18(20)17-10-4-3-5-11-17/h3-15H,2,16H2,1H3,(H,24,25). The number of nitrogens with one attached hydrogen (secondary N) is 1. The summed E-state index contributed by atoms with van der Waals surface area (Å²) in [5.41, 5.74) is 2.26. The zero-order valence-corrected chi connectivity index (χ0v) is 17.2. The molecule has 0 spiro atoms. The highest BCUT2D eigenvalue weighted by atomic mass is 32.2. The van der Waals surface area contributed by atoms with Crippen molar-refractivity contribution in [3.63, 3.8) is 0 Å². The van der Waals surface area contributed by atoms with Crippen molar-refractivity contribution < 1.29 is 22.7 Å². The number of esters is 1. The summed E-state index contributed by atoms with van der Waals surface area (Å²) in [6, 6.07) is 22.6. The molecule has 0 saturated heterocycles. The monoisotopic (exact) mass is 423 g/mol. The van der Waals surface area contributed by atoms with Gasteiger partial charge in [0.2, 0.25) is 0 Å². The van der Waals surface area contributed by atoms with E-state index >= 15 is 0 Å². The zero-order chi connectivity index (χ0) is 21.6. The normalized spacial score (nSPS) is 11.0. The van der Waals surface area contributed by atoms with Crippen molar-refractivity contribution in [1.82, 2.24) is 0 Å². The van der Waals surface area contributed by atoms with Crippen LogP contribution < -0.4 is 5.32 Å². The fourth-order valence-corrected chi connectivity index (χ4v) is 4.00.